The Bertz CT molecular complexity index is 3730. The van der Waals surface area contributed by atoms with Gasteiger partial charge in [0.2, 0.25) is 0 Å². The molecule has 2 heterocycles. The molecule has 1 aromatic heterocycles. The van der Waals surface area contributed by atoms with E-state index in [2.05, 4.69) is 259 Å². The van der Waals surface area contributed by atoms with E-state index in [1.807, 2.05) is 11.3 Å². The fourth-order valence-electron chi connectivity index (χ4n) is 10.8. The molecule has 1 aliphatic carbocycles. The lowest BCUT2D eigenvalue weighted by molar-refractivity contribution is 0.822. The molecule has 1 unspecified atom stereocenters. The average molecular weight is 873 g/mol. The molecule has 0 fully saturated rings. The van der Waals surface area contributed by atoms with Gasteiger partial charge in [-0.15, -0.1) is 11.3 Å². The molecule has 2 nitrogen and oxygen atoms in total. The maximum absolute atomic E-state index is 2.47. The quantitative estimate of drug-likeness (QED) is 0.150. The van der Waals surface area contributed by atoms with Crippen molar-refractivity contribution in [1.82, 2.24) is 0 Å². The highest BCUT2D eigenvalue weighted by Gasteiger charge is 2.35. The molecule has 0 radical (unpaired) electrons. The molecule has 13 rings (SSSR count). The van der Waals surface area contributed by atoms with Crippen LogP contribution in [-0.4, -0.2) is 0 Å². The third-order valence-corrected chi connectivity index (χ3v) is 14.9. The fraction of sp³-hybridized carbons (Fsp3) is 0.0312. The van der Waals surface area contributed by atoms with Crippen LogP contribution < -0.4 is 9.80 Å². The second-order valence-electron chi connectivity index (χ2n) is 17.5. The van der Waals surface area contributed by atoms with E-state index in [-0.39, 0.29) is 0 Å². The topological polar surface area (TPSA) is 6.48 Å². The number of rotatable bonds is 8. The number of anilines is 5. The predicted molar refractivity (Wildman–Crippen MR) is 286 cm³/mol. The Kier molecular flexibility index (Phi) is 9.54. The van der Waals surface area contributed by atoms with Crippen molar-refractivity contribution in [2.45, 2.75) is 12.3 Å². The van der Waals surface area contributed by atoms with Gasteiger partial charge in [0, 0.05) is 60.1 Å². The molecule has 0 N–H and O–H groups in total. The average Bonchev–Trinajstić information content (AvgIpc) is 3.95. The number of allylic oxidation sites excluding steroid dienone is 4. The van der Waals surface area contributed by atoms with Crippen molar-refractivity contribution in [1.29, 1.82) is 0 Å². The van der Waals surface area contributed by atoms with Gasteiger partial charge in [0.05, 0.1) is 5.69 Å². The van der Waals surface area contributed by atoms with Crippen LogP contribution in [0.25, 0.3) is 69.9 Å². The number of hydrogen-bond donors (Lipinski definition) is 0. The maximum Gasteiger partial charge on any atom is 0.0540 e. The smallest absolute Gasteiger partial charge is 0.0540 e. The van der Waals surface area contributed by atoms with E-state index in [4.69, 9.17) is 0 Å². The van der Waals surface area contributed by atoms with Gasteiger partial charge in [0.25, 0.3) is 0 Å². The van der Waals surface area contributed by atoms with E-state index in [1.54, 1.807) is 0 Å². The highest BCUT2D eigenvalue weighted by molar-refractivity contribution is 7.25. The first-order valence-electron chi connectivity index (χ1n) is 23.2. The standard InChI is InChI=1S/C64H44N2S/c1-3-17-44(18-4-1)51-28-14-19-45-20-15-30-56(63(45)51)54-26-8-10-31-58(54)65(50-24-13-21-47(41-50)52-29-16-34-62-64(52)57-27-9-12-33-61(57)67-62)49-38-35-43(36-39-49)46-37-40-55-53-25-7-11-32-59(53)66(60(55)42-46)48-22-5-2-6-23-48/h1-39,41-42,55H,40H2. The van der Waals surface area contributed by atoms with Crippen LogP contribution in [-0.2, 0) is 0 Å². The van der Waals surface area contributed by atoms with E-state index in [0.717, 1.165) is 23.5 Å². The number of nitrogens with zero attached hydrogens (tertiary/aromatic N) is 2. The van der Waals surface area contributed by atoms with Crippen LogP contribution in [0.5, 0.6) is 0 Å². The van der Waals surface area contributed by atoms with Crippen LogP contribution >= 0.6 is 11.3 Å². The number of benzene rings is 10. The van der Waals surface area contributed by atoms with E-state index in [1.165, 1.54) is 98.1 Å². The monoisotopic (exact) mass is 872 g/mol. The van der Waals surface area contributed by atoms with E-state index < -0.39 is 0 Å². The lowest BCUT2D eigenvalue weighted by Gasteiger charge is -2.29. The number of thiophene rings is 1. The summed E-state index contributed by atoms with van der Waals surface area (Å²) in [5.41, 5.74) is 18.2. The second-order valence-corrected chi connectivity index (χ2v) is 18.6. The molecular formula is C64H44N2S. The van der Waals surface area contributed by atoms with Gasteiger partial charge in [-0.05, 0) is 128 Å². The zero-order chi connectivity index (χ0) is 44.3. The Morgan fingerprint density at radius 1 is 0.448 bits per heavy atom. The van der Waals surface area contributed by atoms with Crippen LogP contribution in [0, 0.1) is 0 Å². The predicted octanol–water partition coefficient (Wildman–Crippen LogP) is 18.3. The molecule has 2 aliphatic rings. The summed E-state index contributed by atoms with van der Waals surface area (Å²) in [4.78, 5) is 4.93. The molecule has 10 aromatic carbocycles. The highest BCUT2D eigenvalue weighted by Crippen LogP contribution is 2.52. The van der Waals surface area contributed by atoms with Gasteiger partial charge >= 0.3 is 0 Å². The molecule has 11 aromatic rings. The van der Waals surface area contributed by atoms with Gasteiger partial charge in [-0.3, -0.25) is 0 Å². The summed E-state index contributed by atoms with van der Waals surface area (Å²) < 4.78 is 2.62. The first-order chi connectivity index (χ1) is 33.2. The summed E-state index contributed by atoms with van der Waals surface area (Å²) >= 11 is 1.87. The Hall–Kier alpha value is -8.24. The van der Waals surface area contributed by atoms with E-state index in [0.29, 0.717) is 5.92 Å². The van der Waals surface area contributed by atoms with Gasteiger partial charge in [-0.1, -0.05) is 182 Å². The van der Waals surface area contributed by atoms with Crippen molar-refractivity contribution in [2.75, 3.05) is 9.80 Å². The van der Waals surface area contributed by atoms with Crippen LogP contribution in [0.15, 0.2) is 254 Å². The van der Waals surface area contributed by atoms with Crippen molar-refractivity contribution < 1.29 is 0 Å². The lowest BCUT2D eigenvalue weighted by atomic mass is 9.87. The minimum atomic E-state index is 0.327. The maximum atomic E-state index is 2.47. The third-order valence-electron chi connectivity index (χ3n) is 13.8. The normalized spacial score (nSPS) is 14.2. The van der Waals surface area contributed by atoms with Crippen molar-refractivity contribution >= 4 is 76.3 Å². The summed E-state index contributed by atoms with van der Waals surface area (Å²) in [6, 6.07) is 86.8. The Labute approximate surface area is 395 Å². The molecule has 0 amide bonds. The number of para-hydroxylation sites is 3. The van der Waals surface area contributed by atoms with Crippen molar-refractivity contribution in [3.05, 3.63) is 266 Å². The first-order valence-corrected chi connectivity index (χ1v) is 24.0. The van der Waals surface area contributed by atoms with Gasteiger partial charge < -0.3 is 9.80 Å². The largest absolute Gasteiger partial charge is 0.313 e. The Balaban J connectivity index is 0.966. The van der Waals surface area contributed by atoms with Crippen molar-refractivity contribution in [2.24, 2.45) is 0 Å². The Morgan fingerprint density at radius 3 is 1.94 bits per heavy atom. The SMILES string of the molecule is C1=C(c2ccc(N(c3cccc(-c4cccc5sc6ccccc6c45)c3)c3ccccc3-c3cccc4cccc(-c5ccccc5)c34)cc2)C=C2C(C1)c1ccccc1N2c1ccccc1. The molecular weight excluding hydrogens is 829 g/mol. The van der Waals surface area contributed by atoms with Crippen LogP contribution in [0.1, 0.15) is 23.5 Å². The molecule has 316 valence electrons. The highest BCUT2D eigenvalue weighted by atomic mass is 32.1. The van der Waals surface area contributed by atoms with Gasteiger partial charge in [-0.25, -0.2) is 0 Å². The van der Waals surface area contributed by atoms with Crippen molar-refractivity contribution in [3.8, 4) is 33.4 Å². The second kappa shape index (κ2) is 16.3. The molecule has 0 spiro atoms. The first kappa shape index (κ1) is 39.2. The zero-order valence-electron chi connectivity index (χ0n) is 36.8. The van der Waals surface area contributed by atoms with Gasteiger partial charge in [0.15, 0.2) is 0 Å². The van der Waals surface area contributed by atoms with Gasteiger partial charge in [-0.2, -0.15) is 0 Å². The van der Waals surface area contributed by atoms with Crippen LogP contribution in [0.2, 0.25) is 0 Å². The van der Waals surface area contributed by atoms with Crippen LogP contribution in [0.3, 0.4) is 0 Å². The summed E-state index contributed by atoms with van der Waals surface area (Å²) in [5, 5.41) is 5.08. The third kappa shape index (κ3) is 6.70. The number of hydrogen-bond acceptors (Lipinski definition) is 3. The molecule has 0 saturated heterocycles. The molecule has 0 bridgehead atoms. The lowest BCUT2D eigenvalue weighted by Crippen LogP contribution is -2.15. The van der Waals surface area contributed by atoms with E-state index in [9.17, 15) is 0 Å². The van der Waals surface area contributed by atoms with E-state index >= 15 is 0 Å². The van der Waals surface area contributed by atoms with Crippen LogP contribution in [0.4, 0.5) is 28.4 Å². The zero-order valence-corrected chi connectivity index (χ0v) is 37.6. The fourth-order valence-corrected chi connectivity index (χ4v) is 11.9. The minimum absolute atomic E-state index is 0.327. The molecule has 3 heteroatoms. The summed E-state index contributed by atoms with van der Waals surface area (Å²) in [5.74, 6) is 0.327. The van der Waals surface area contributed by atoms with Gasteiger partial charge in [0.1, 0.15) is 0 Å². The molecule has 67 heavy (non-hydrogen) atoms. The summed E-state index contributed by atoms with van der Waals surface area (Å²) in [6.45, 7) is 0. The summed E-state index contributed by atoms with van der Waals surface area (Å²) in [6.07, 6.45) is 5.81. The molecule has 0 saturated carbocycles. The summed E-state index contributed by atoms with van der Waals surface area (Å²) in [7, 11) is 0. The molecule has 1 atom stereocenters. The van der Waals surface area contributed by atoms with Crippen molar-refractivity contribution in [3.63, 3.8) is 0 Å². The minimum Gasteiger partial charge on any atom is -0.313 e. The molecule has 1 aliphatic heterocycles. The number of fused-ring (bicyclic) bond motifs is 7. The Morgan fingerprint density at radius 2 is 1.09 bits per heavy atom.